The largest absolute Gasteiger partial charge is 0.361 e. The molecule has 0 saturated carbocycles. The molecule has 6 rings (SSSR count). The first-order valence-electron chi connectivity index (χ1n) is 11.1. The first-order valence-corrected chi connectivity index (χ1v) is 11.1. The van der Waals surface area contributed by atoms with Gasteiger partial charge in [-0.25, -0.2) is 0 Å². The van der Waals surface area contributed by atoms with Gasteiger partial charge in [0.25, 0.3) is 0 Å². The molecule has 2 heteroatoms. The summed E-state index contributed by atoms with van der Waals surface area (Å²) in [6.45, 7) is 2.14. The molecule has 1 aliphatic rings. The molecule has 0 spiro atoms. The van der Waals surface area contributed by atoms with Crippen molar-refractivity contribution in [3.63, 3.8) is 0 Å². The fraction of sp³-hybridized carbons (Fsp3) is 0.0667. The molecular formula is C30H24N2. The smallest absolute Gasteiger partial charge is 0.0871 e. The second kappa shape index (κ2) is 7.58. The van der Waals surface area contributed by atoms with Crippen LogP contribution in [0.3, 0.4) is 0 Å². The van der Waals surface area contributed by atoms with Crippen LogP contribution in [0.15, 0.2) is 109 Å². The van der Waals surface area contributed by atoms with E-state index in [-0.39, 0.29) is 6.04 Å². The van der Waals surface area contributed by atoms with Crippen molar-refractivity contribution < 1.29 is 0 Å². The molecule has 1 aromatic heterocycles. The number of nitrogens with zero attached hydrogens (tertiary/aromatic N) is 1. The third-order valence-corrected chi connectivity index (χ3v) is 6.40. The van der Waals surface area contributed by atoms with Gasteiger partial charge in [0.1, 0.15) is 0 Å². The van der Waals surface area contributed by atoms with Crippen molar-refractivity contribution in [1.82, 2.24) is 4.98 Å². The Labute approximate surface area is 188 Å². The van der Waals surface area contributed by atoms with E-state index in [4.69, 9.17) is 0 Å². The summed E-state index contributed by atoms with van der Waals surface area (Å²) in [5.41, 5.74) is 9.92. The average Bonchev–Trinajstić information content (AvgIpc) is 3.28. The number of fused-ring (bicyclic) bond motifs is 2. The van der Waals surface area contributed by atoms with Gasteiger partial charge in [0.2, 0.25) is 0 Å². The molecule has 1 aliphatic heterocycles. The molecule has 1 unspecified atom stereocenters. The molecule has 0 saturated heterocycles. The van der Waals surface area contributed by atoms with Crippen LogP contribution in [0, 0.1) is 6.92 Å². The standard InChI is InChI=1S/C30H24N2/c1-21-15-17-24(18-16-21)32-29(22-9-3-2-4-10-22)19-23-11-5-6-12-25(23)30(32)27-20-31-28-14-8-7-13-26(27)28/h2-20,30-31H,1H3. The molecule has 0 radical (unpaired) electrons. The maximum Gasteiger partial charge on any atom is 0.0871 e. The van der Waals surface area contributed by atoms with Gasteiger partial charge in [-0.15, -0.1) is 0 Å². The number of aryl methyl sites for hydroxylation is 1. The number of hydrogen-bond acceptors (Lipinski definition) is 1. The van der Waals surface area contributed by atoms with Gasteiger partial charge >= 0.3 is 0 Å². The Morgan fingerprint density at radius 3 is 2.25 bits per heavy atom. The third-order valence-electron chi connectivity index (χ3n) is 6.40. The molecule has 5 aromatic rings. The zero-order valence-electron chi connectivity index (χ0n) is 18.0. The highest BCUT2D eigenvalue weighted by Gasteiger charge is 2.33. The number of rotatable bonds is 3. The summed E-state index contributed by atoms with van der Waals surface area (Å²) >= 11 is 0. The Balaban J connectivity index is 1.66. The second-order valence-electron chi connectivity index (χ2n) is 8.42. The molecule has 32 heavy (non-hydrogen) atoms. The summed E-state index contributed by atoms with van der Waals surface area (Å²) in [7, 11) is 0. The normalized spacial score (nSPS) is 15.5. The summed E-state index contributed by atoms with van der Waals surface area (Å²) < 4.78 is 0. The Morgan fingerprint density at radius 2 is 1.41 bits per heavy atom. The highest BCUT2D eigenvalue weighted by Crippen LogP contribution is 2.46. The van der Waals surface area contributed by atoms with Gasteiger partial charge in [-0.3, -0.25) is 0 Å². The lowest BCUT2D eigenvalue weighted by molar-refractivity contribution is 0.822. The summed E-state index contributed by atoms with van der Waals surface area (Å²) in [5.74, 6) is 0. The third kappa shape index (κ3) is 3.04. The second-order valence-corrected chi connectivity index (χ2v) is 8.42. The SMILES string of the molecule is Cc1ccc(N2C(c3ccccc3)=Cc3ccccc3C2c2c[nH]c3ccccc23)cc1. The number of anilines is 1. The van der Waals surface area contributed by atoms with Gasteiger partial charge in [-0.2, -0.15) is 0 Å². The summed E-state index contributed by atoms with van der Waals surface area (Å²) in [6.07, 6.45) is 4.51. The van der Waals surface area contributed by atoms with Gasteiger partial charge in [0.15, 0.2) is 0 Å². The van der Waals surface area contributed by atoms with Gasteiger partial charge in [0, 0.05) is 34.0 Å². The molecule has 0 bridgehead atoms. The molecule has 1 N–H and O–H groups in total. The lowest BCUT2D eigenvalue weighted by atomic mass is 9.87. The molecule has 2 heterocycles. The van der Waals surface area contributed by atoms with Crippen LogP contribution in [0.4, 0.5) is 5.69 Å². The quantitative estimate of drug-likeness (QED) is 0.323. The van der Waals surface area contributed by atoms with Gasteiger partial charge in [0.05, 0.1) is 6.04 Å². The Kier molecular flexibility index (Phi) is 4.43. The topological polar surface area (TPSA) is 19.0 Å². The minimum Gasteiger partial charge on any atom is -0.361 e. The number of aromatic amines is 1. The predicted octanol–water partition coefficient (Wildman–Crippen LogP) is 7.58. The number of nitrogens with one attached hydrogen (secondary N) is 1. The molecule has 154 valence electrons. The first-order chi connectivity index (χ1) is 15.8. The van der Waals surface area contributed by atoms with Gasteiger partial charge in [-0.05, 0) is 47.9 Å². The number of benzene rings is 4. The van der Waals surface area contributed by atoms with E-state index in [1.54, 1.807) is 0 Å². The van der Waals surface area contributed by atoms with E-state index in [1.165, 1.54) is 50.1 Å². The number of hydrogen-bond donors (Lipinski definition) is 1. The summed E-state index contributed by atoms with van der Waals surface area (Å²) in [5, 5.41) is 1.26. The Morgan fingerprint density at radius 1 is 0.688 bits per heavy atom. The fourth-order valence-corrected chi connectivity index (χ4v) is 4.84. The molecule has 0 aliphatic carbocycles. The highest BCUT2D eigenvalue weighted by atomic mass is 15.2. The lowest BCUT2D eigenvalue weighted by Crippen LogP contribution is -2.31. The highest BCUT2D eigenvalue weighted by molar-refractivity contribution is 5.96. The molecule has 0 fully saturated rings. The number of aromatic nitrogens is 1. The van der Waals surface area contributed by atoms with E-state index >= 15 is 0 Å². The lowest BCUT2D eigenvalue weighted by Gasteiger charge is -2.40. The van der Waals surface area contributed by atoms with Crippen molar-refractivity contribution in [1.29, 1.82) is 0 Å². The minimum atomic E-state index is 0.0604. The van der Waals surface area contributed by atoms with Crippen molar-refractivity contribution in [2.45, 2.75) is 13.0 Å². The van der Waals surface area contributed by atoms with Gasteiger partial charge < -0.3 is 9.88 Å². The molecule has 0 amide bonds. The summed E-state index contributed by atoms with van der Waals surface area (Å²) in [4.78, 5) is 6.00. The van der Waals surface area contributed by atoms with E-state index in [0.29, 0.717) is 0 Å². The van der Waals surface area contributed by atoms with Crippen LogP contribution in [0.25, 0.3) is 22.7 Å². The minimum absolute atomic E-state index is 0.0604. The van der Waals surface area contributed by atoms with Gasteiger partial charge in [-0.1, -0.05) is 90.5 Å². The van der Waals surface area contributed by atoms with Crippen molar-refractivity contribution in [3.05, 3.63) is 137 Å². The van der Waals surface area contributed by atoms with Crippen molar-refractivity contribution in [2.24, 2.45) is 0 Å². The van der Waals surface area contributed by atoms with Crippen molar-refractivity contribution in [2.75, 3.05) is 4.90 Å². The predicted molar refractivity (Wildman–Crippen MR) is 135 cm³/mol. The molecule has 2 nitrogen and oxygen atoms in total. The van der Waals surface area contributed by atoms with Crippen LogP contribution in [-0.2, 0) is 0 Å². The van der Waals surface area contributed by atoms with E-state index < -0.39 is 0 Å². The van der Waals surface area contributed by atoms with Crippen LogP contribution in [0.2, 0.25) is 0 Å². The molecular weight excluding hydrogens is 388 g/mol. The summed E-state index contributed by atoms with van der Waals surface area (Å²) in [6, 6.07) is 37.0. The monoisotopic (exact) mass is 412 g/mol. The molecule has 4 aromatic carbocycles. The van der Waals surface area contributed by atoms with Crippen molar-refractivity contribution in [3.8, 4) is 0 Å². The fourth-order valence-electron chi connectivity index (χ4n) is 4.84. The van der Waals surface area contributed by atoms with Crippen LogP contribution >= 0.6 is 0 Å². The van der Waals surface area contributed by atoms with Crippen LogP contribution < -0.4 is 4.90 Å². The zero-order valence-corrected chi connectivity index (χ0v) is 18.0. The van der Waals surface area contributed by atoms with Crippen LogP contribution in [0.1, 0.15) is 33.9 Å². The van der Waals surface area contributed by atoms with Crippen LogP contribution in [-0.4, -0.2) is 4.98 Å². The average molecular weight is 413 g/mol. The Hall–Kier alpha value is -4.04. The number of H-pyrrole nitrogens is 1. The van der Waals surface area contributed by atoms with Crippen LogP contribution in [0.5, 0.6) is 0 Å². The maximum atomic E-state index is 3.51. The maximum absolute atomic E-state index is 3.51. The van der Waals surface area contributed by atoms with E-state index in [0.717, 1.165) is 0 Å². The zero-order chi connectivity index (χ0) is 21.5. The van der Waals surface area contributed by atoms with Crippen molar-refractivity contribution >= 4 is 28.4 Å². The number of para-hydroxylation sites is 1. The first kappa shape index (κ1) is 18.7. The van der Waals surface area contributed by atoms with E-state index in [1.807, 2.05) is 0 Å². The Bertz CT molecular complexity index is 1420. The van der Waals surface area contributed by atoms with E-state index in [2.05, 4.69) is 132 Å². The van der Waals surface area contributed by atoms with E-state index in [9.17, 15) is 0 Å². The molecule has 1 atom stereocenters.